The molecule has 3 aromatic heterocycles. The summed E-state index contributed by atoms with van der Waals surface area (Å²) in [7, 11) is -4.10. The average molecular weight is 618 g/mol. The van der Waals surface area contributed by atoms with Crippen LogP contribution in [0, 0.1) is 11.3 Å². The summed E-state index contributed by atoms with van der Waals surface area (Å²) in [6.07, 6.45) is 0.980. The van der Waals surface area contributed by atoms with E-state index < -0.39 is 33.2 Å². The quantitative estimate of drug-likeness (QED) is 0.330. The van der Waals surface area contributed by atoms with E-state index in [-0.39, 0.29) is 22.6 Å². The van der Waals surface area contributed by atoms with Gasteiger partial charge in [0.2, 0.25) is 15.2 Å². The molecule has 1 aromatic carbocycles. The Morgan fingerprint density at radius 1 is 1.14 bits per heavy atom. The van der Waals surface area contributed by atoms with Gasteiger partial charge < -0.3 is 4.90 Å². The third kappa shape index (κ3) is 4.59. The Kier molecular flexibility index (Phi) is 6.61. The van der Waals surface area contributed by atoms with E-state index in [1.807, 2.05) is 11.0 Å². The monoisotopic (exact) mass is 617 g/mol. The van der Waals surface area contributed by atoms with Gasteiger partial charge in [0.05, 0.1) is 28.4 Å². The fraction of sp³-hybridized carbons (Fsp3) is 0.500. The van der Waals surface area contributed by atoms with Gasteiger partial charge in [-0.3, -0.25) is 9.47 Å². The number of fused-ring (bicyclic) bond motifs is 3. The van der Waals surface area contributed by atoms with E-state index >= 15 is 4.39 Å². The Hall–Kier alpha value is -3.39. The Balaban J connectivity index is 1.36. The van der Waals surface area contributed by atoms with Gasteiger partial charge >= 0.3 is 0 Å². The van der Waals surface area contributed by atoms with Gasteiger partial charge in [0, 0.05) is 18.0 Å². The molecule has 5 heterocycles. The molecule has 7 rings (SSSR count). The molecule has 1 saturated carbocycles. The predicted octanol–water partition coefficient (Wildman–Crippen LogP) is 3.71. The molecule has 2 saturated heterocycles. The number of alkyl halides is 3. The molecule has 1 unspecified atom stereocenters. The van der Waals surface area contributed by atoms with E-state index in [2.05, 4.69) is 29.8 Å². The lowest BCUT2D eigenvalue weighted by atomic mass is 10.0. The third-order valence-corrected chi connectivity index (χ3v) is 10.8. The van der Waals surface area contributed by atoms with E-state index in [1.54, 1.807) is 6.07 Å². The van der Waals surface area contributed by atoms with E-state index in [4.69, 9.17) is 0 Å². The molecular weight excluding hydrogens is 591 g/mol. The minimum Gasteiger partial charge on any atom is -0.353 e. The van der Waals surface area contributed by atoms with Crippen molar-refractivity contribution in [3.63, 3.8) is 0 Å². The SMILES string of the molecule is N#CC1(NS(=O)(=O)c2ccc3c4c(N5CCC(N6CCCC6)[C@@H](F)C5)ncnc4n(-c4nnc(C(F)F)s4)c3c2)CC1. The van der Waals surface area contributed by atoms with Gasteiger partial charge in [-0.25, -0.2) is 31.6 Å². The summed E-state index contributed by atoms with van der Waals surface area (Å²) in [5.41, 5.74) is -0.492. The van der Waals surface area contributed by atoms with E-state index in [0.717, 1.165) is 25.9 Å². The maximum atomic E-state index is 15.5. The number of benzene rings is 1. The zero-order chi connectivity index (χ0) is 29.2. The van der Waals surface area contributed by atoms with Gasteiger partial charge in [-0.15, -0.1) is 10.2 Å². The molecule has 220 valence electrons. The maximum absolute atomic E-state index is 15.5. The van der Waals surface area contributed by atoms with Gasteiger partial charge in [0.15, 0.2) is 10.7 Å². The van der Waals surface area contributed by atoms with Crippen LogP contribution < -0.4 is 9.62 Å². The van der Waals surface area contributed by atoms with Gasteiger partial charge in [0.25, 0.3) is 6.43 Å². The average Bonchev–Trinajstić information content (AvgIpc) is 3.35. The second kappa shape index (κ2) is 10.1. The van der Waals surface area contributed by atoms with Crippen LogP contribution >= 0.6 is 11.3 Å². The minimum atomic E-state index is -4.10. The number of anilines is 1. The van der Waals surface area contributed by atoms with E-state index in [1.165, 1.54) is 23.0 Å². The molecule has 4 aromatic rings. The van der Waals surface area contributed by atoms with Crippen molar-refractivity contribution < 1.29 is 21.6 Å². The van der Waals surface area contributed by atoms with Crippen LogP contribution in [0.3, 0.4) is 0 Å². The number of sulfonamides is 1. The first kappa shape index (κ1) is 27.4. The van der Waals surface area contributed by atoms with Crippen LogP contribution in [0.2, 0.25) is 0 Å². The number of hydrogen-bond donors (Lipinski definition) is 1. The number of piperidine rings is 1. The highest BCUT2D eigenvalue weighted by molar-refractivity contribution is 7.89. The summed E-state index contributed by atoms with van der Waals surface area (Å²) >= 11 is 0.665. The van der Waals surface area contributed by atoms with Gasteiger partial charge in [-0.05, 0) is 57.3 Å². The largest absolute Gasteiger partial charge is 0.353 e. The number of rotatable bonds is 7. The lowest BCUT2D eigenvalue weighted by molar-refractivity contribution is 0.114. The first-order valence-electron chi connectivity index (χ1n) is 13.7. The molecule has 0 bridgehead atoms. The van der Waals surface area contributed by atoms with Crippen LogP contribution in [-0.4, -0.2) is 82.0 Å². The Bertz CT molecular complexity index is 1830. The lowest BCUT2D eigenvalue weighted by Gasteiger charge is -2.39. The second-order valence-corrected chi connectivity index (χ2v) is 13.7. The van der Waals surface area contributed by atoms with Crippen LogP contribution in [-0.2, 0) is 10.0 Å². The van der Waals surface area contributed by atoms with Crippen molar-refractivity contribution in [2.24, 2.45) is 0 Å². The van der Waals surface area contributed by atoms with Crippen molar-refractivity contribution in [2.45, 2.75) is 61.2 Å². The Labute approximate surface area is 243 Å². The molecular formula is C26H26F3N9O2S2. The highest BCUT2D eigenvalue weighted by Crippen LogP contribution is 2.40. The molecule has 0 amide bonds. The summed E-state index contributed by atoms with van der Waals surface area (Å²) in [4.78, 5) is 12.9. The van der Waals surface area contributed by atoms with Crippen molar-refractivity contribution in [3.05, 3.63) is 29.5 Å². The lowest BCUT2D eigenvalue weighted by Crippen LogP contribution is -2.52. The van der Waals surface area contributed by atoms with Gasteiger partial charge in [-0.2, -0.15) is 9.98 Å². The number of nitrogens with zero attached hydrogens (tertiary/aromatic N) is 8. The molecule has 2 aliphatic heterocycles. The number of hydrogen-bond acceptors (Lipinski definition) is 10. The summed E-state index contributed by atoms with van der Waals surface area (Å²) < 4.78 is 73.0. The van der Waals surface area contributed by atoms with Crippen molar-refractivity contribution in [2.75, 3.05) is 31.1 Å². The van der Waals surface area contributed by atoms with Gasteiger partial charge in [0.1, 0.15) is 23.9 Å². The zero-order valence-corrected chi connectivity index (χ0v) is 23.9. The molecule has 16 heteroatoms. The number of aromatic nitrogens is 5. The summed E-state index contributed by atoms with van der Waals surface area (Å²) in [5, 5.41) is 17.7. The van der Waals surface area contributed by atoms with Gasteiger partial charge in [-0.1, -0.05) is 17.4 Å². The van der Waals surface area contributed by atoms with Crippen molar-refractivity contribution >= 4 is 49.1 Å². The van der Waals surface area contributed by atoms with Crippen LogP contribution in [0.1, 0.15) is 43.5 Å². The van der Waals surface area contributed by atoms with Crippen molar-refractivity contribution in [1.29, 1.82) is 5.26 Å². The number of nitriles is 1. The van der Waals surface area contributed by atoms with Crippen LogP contribution in [0.5, 0.6) is 0 Å². The summed E-state index contributed by atoms with van der Waals surface area (Å²) in [6, 6.07) is 6.28. The molecule has 1 N–H and O–H groups in total. The Morgan fingerprint density at radius 3 is 2.60 bits per heavy atom. The molecule has 1 aliphatic carbocycles. The Morgan fingerprint density at radius 2 is 1.93 bits per heavy atom. The summed E-state index contributed by atoms with van der Waals surface area (Å²) in [5.74, 6) is 0.472. The summed E-state index contributed by atoms with van der Waals surface area (Å²) in [6.45, 7) is 2.48. The molecule has 3 aliphatic rings. The van der Waals surface area contributed by atoms with Crippen LogP contribution in [0.25, 0.3) is 27.1 Å². The van der Waals surface area contributed by atoms with Crippen molar-refractivity contribution in [3.8, 4) is 11.2 Å². The molecule has 0 spiro atoms. The zero-order valence-electron chi connectivity index (χ0n) is 22.3. The van der Waals surface area contributed by atoms with E-state index in [0.29, 0.717) is 64.9 Å². The second-order valence-electron chi connectivity index (χ2n) is 11.0. The molecule has 2 atom stereocenters. The molecule has 3 fully saturated rings. The highest BCUT2D eigenvalue weighted by Gasteiger charge is 2.47. The van der Waals surface area contributed by atoms with E-state index in [9.17, 15) is 22.5 Å². The maximum Gasteiger partial charge on any atom is 0.291 e. The normalized spacial score (nSPS) is 22.8. The first-order valence-corrected chi connectivity index (χ1v) is 16.0. The smallest absolute Gasteiger partial charge is 0.291 e. The predicted molar refractivity (Wildman–Crippen MR) is 149 cm³/mol. The van der Waals surface area contributed by atoms with Crippen LogP contribution in [0.15, 0.2) is 29.4 Å². The molecule has 11 nitrogen and oxygen atoms in total. The number of nitrogens with one attached hydrogen (secondary N) is 1. The first-order chi connectivity index (χ1) is 20.2. The standard InChI is InChI=1S/C26H26F3N9O2S2/c27-17-12-37(10-5-18(17)36-8-1-2-9-36)22-20-16-4-3-15(42(39,40)35-26(13-30)6-7-26)11-19(16)38(23(20)32-14-31-22)25-34-33-24(41-25)21(28)29/h3-4,11,14,17-18,21,35H,1-2,5-10,12H2/t17-,18?/m0/s1. The number of halogens is 3. The van der Waals surface area contributed by atoms with Crippen LogP contribution in [0.4, 0.5) is 19.0 Å². The number of likely N-dealkylation sites (tertiary alicyclic amines) is 1. The fourth-order valence-corrected chi connectivity index (χ4v) is 8.16. The fourth-order valence-electron chi connectivity index (χ4n) is 6.05. The van der Waals surface area contributed by atoms with Crippen molar-refractivity contribution in [1.82, 2.24) is 34.4 Å². The highest BCUT2D eigenvalue weighted by atomic mass is 32.2. The molecule has 42 heavy (non-hydrogen) atoms. The molecule has 0 radical (unpaired) electrons. The minimum absolute atomic E-state index is 0.0734. The third-order valence-electron chi connectivity index (χ3n) is 8.33. The topological polar surface area (TPSA) is 133 Å².